The second kappa shape index (κ2) is 9.32. The van der Waals surface area contributed by atoms with Crippen molar-refractivity contribution < 1.29 is 19.4 Å². The summed E-state index contributed by atoms with van der Waals surface area (Å²) in [5.41, 5.74) is 3.88. The van der Waals surface area contributed by atoms with Crippen molar-refractivity contribution in [1.82, 2.24) is 4.90 Å². The highest BCUT2D eigenvalue weighted by Crippen LogP contribution is 2.38. The summed E-state index contributed by atoms with van der Waals surface area (Å²) in [7, 11) is 3.28. The molecule has 0 aromatic heterocycles. The molecule has 3 aromatic carbocycles. The van der Waals surface area contributed by atoms with E-state index < -0.39 is 0 Å². The highest BCUT2D eigenvalue weighted by atomic mass is 16.5. The second-order valence-corrected chi connectivity index (χ2v) is 7.88. The van der Waals surface area contributed by atoms with E-state index in [9.17, 15) is 9.90 Å². The number of hydrogen-bond acceptors (Lipinski definition) is 5. The van der Waals surface area contributed by atoms with Gasteiger partial charge in [-0.15, -0.1) is 0 Å². The smallest absolute Gasteiger partial charge is 0.245 e. The Kier molecular flexibility index (Phi) is 6.32. The first-order chi connectivity index (χ1) is 15.5. The maximum absolute atomic E-state index is 13.6. The molecule has 1 aliphatic heterocycles. The molecule has 1 atom stereocenters. The molecule has 0 saturated carbocycles. The van der Waals surface area contributed by atoms with E-state index in [1.54, 1.807) is 43.4 Å². The van der Waals surface area contributed by atoms with E-state index in [4.69, 9.17) is 9.47 Å². The van der Waals surface area contributed by atoms with E-state index >= 15 is 0 Å². The Morgan fingerprint density at radius 3 is 2.28 bits per heavy atom. The molecule has 1 amide bonds. The molecule has 0 saturated heterocycles. The van der Waals surface area contributed by atoms with Crippen LogP contribution in [0.2, 0.25) is 0 Å². The molecular weight excluding hydrogens is 404 g/mol. The number of phenolic OH excluding ortho intramolecular Hbond substituents is 1. The Balaban J connectivity index is 1.61. The fraction of sp³-hybridized carbons (Fsp3) is 0.269. The average molecular weight is 433 g/mol. The lowest BCUT2D eigenvalue weighted by molar-refractivity contribution is -0.119. The van der Waals surface area contributed by atoms with Crippen LogP contribution in [0.1, 0.15) is 24.1 Å². The standard InChI is InChI=1S/C26H28N2O4/c1-18-23-16-25(32-3)24(31-2)15-19(23)13-14-27(18)17-26(30)28(20-7-5-4-6-8-20)21-9-11-22(29)12-10-21/h4-12,15-16,18,29H,13-14,17H2,1-3H3. The maximum atomic E-state index is 13.6. The Morgan fingerprint density at radius 1 is 1.00 bits per heavy atom. The van der Waals surface area contributed by atoms with Gasteiger partial charge in [-0.1, -0.05) is 18.2 Å². The van der Waals surface area contributed by atoms with Crippen LogP contribution in [0.15, 0.2) is 66.7 Å². The first-order valence-corrected chi connectivity index (χ1v) is 10.7. The molecule has 4 rings (SSSR count). The van der Waals surface area contributed by atoms with Gasteiger partial charge in [-0.3, -0.25) is 14.6 Å². The molecule has 0 aliphatic carbocycles. The summed E-state index contributed by atoms with van der Waals surface area (Å²) in [5.74, 6) is 1.56. The molecule has 0 fully saturated rings. The Hall–Kier alpha value is -3.51. The lowest BCUT2D eigenvalue weighted by Crippen LogP contribution is -2.42. The first kappa shape index (κ1) is 21.7. The zero-order valence-corrected chi connectivity index (χ0v) is 18.6. The summed E-state index contributed by atoms with van der Waals surface area (Å²) in [6.45, 7) is 3.16. The zero-order valence-electron chi connectivity index (χ0n) is 18.6. The van der Waals surface area contributed by atoms with Gasteiger partial charge in [0.15, 0.2) is 11.5 Å². The van der Waals surface area contributed by atoms with Gasteiger partial charge in [-0.05, 0) is 73.0 Å². The quantitative estimate of drug-likeness (QED) is 0.612. The van der Waals surface area contributed by atoms with Crippen LogP contribution in [-0.2, 0) is 11.2 Å². The van der Waals surface area contributed by atoms with E-state index in [0.29, 0.717) is 5.75 Å². The first-order valence-electron chi connectivity index (χ1n) is 10.7. The number of carbonyl (C=O) groups excluding carboxylic acids is 1. The highest BCUT2D eigenvalue weighted by Gasteiger charge is 2.29. The number of aromatic hydroxyl groups is 1. The maximum Gasteiger partial charge on any atom is 0.245 e. The molecular formula is C26H28N2O4. The lowest BCUT2D eigenvalue weighted by Gasteiger charge is -2.36. The minimum absolute atomic E-state index is 0.0299. The van der Waals surface area contributed by atoms with Crippen molar-refractivity contribution in [2.75, 3.05) is 32.2 Å². The fourth-order valence-corrected chi connectivity index (χ4v) is 4.27. The van der Waals surface area contributed by atoms with Gasteiger partial charge in [-0.2, -0.15) is 0 Å². The Bertz CT molecular complexity index is 1080. The molecule has 1 unspecified atom stereocenters. The molecule has 0 bridgehead atoms. The van der Waals surface area contributed by atoms with Crippen LogP contribution in [0.4, 0.5) is 11.4 Å². The molecule has 6 heteroatoms. The van der Waals surface area contributed by atoms with Crippen molar-refractivity contribution in [2.24, 2.45) is 0 Å². The van der Waals surface area contributed by atoms with Gasteiger partial charge in [0.1, 0.15) is 5.75 Å². The van der Waals surface area contributed by atoms with Crippen LogP contribution in [0, 0.1) is 0 Å². The summed E-state index contributed by atoms with van der Waals surface area (Å²) >= 11 is 0. The third kappa shape index (κ3) is 4.27. The predicted octanol–water partition coefficient (Wildman–Crippen LogP) is 4.69. The number of carbonyl (C=O) groups is 1. The third-order valence-electron chi connectivity index (χ3n) is 6.02. The van der Waals surface area contributed by atoms with Crippen molar-refractivity contribution in [3.05, 3.63) is 77.9 Å². The van der Waals surface area contributed by atoms with Gasteiger partial charge < -0.3 is 14.6 Å². The Morgan fingerprint density at radius 2 is 1.62 bits per heavy atom. The van der Waals surface area contributed by atoms with E-state index in [1.165, 1.54) is 5.56 Å². The summed E-state index contributed by atoms with van der Waals surface area (Å²) in [5, 5.41) is 9.69. The predicted molar refractivity (Wildman–Crippen MR) is 125 cm³/mol. The molecule has 3 aromatic rings. The minimum atomic E-state index is -0.0299. The Labute approximate surface area is 188 Å². The second-order valence-electron chi connectivity index (χ2n) is 7.88. The van der Waals surface area contributed by atoms with E-state index in [2.05, 4.69) is 11.8 Å². The normalized spacial score (nSPS) is 15.7. The molecule has 0 spiro atoms. The van der Waals surface area contributed by atoms with Crippen LogP contribution in [0.3, 0.4) is 0 Å². The van der Waals surface area contributed by atoms with Crippen molar-refractivity contribution >= 4 is 17.3 Å². The van der Waals surface area contributed by atoms with Gasteiger partial charge in [-0.25, -0.2) is 0 Å². The molecule has 1 aliphatic rings. The van der Waals surface area contributed by atoms with Gasteiger partial charge in [0, 0.05) is 24.0 Å². The summed E-state index contributed by atoms with van der Waals surface area (Å²) in [4.78, 5) is 17.4. The number of amides is 1. The number of phenols is 1. The number of anilines is 2. The SMILES string of the molecule is COc1cc2c(cc1OC)C(C)N(CC(=O)N(c1ccccc1)c1ccc(O)cc1)CC2. The zero-order chi connectivity index (χ0) is 22.7. The van der Waals surface area contributed by atoms with Crippen LogP contribution in [0.5, 0.6) is 17.2 Å². The summed E-state index contributed by atoms with van der Waals surface area (Å²) in [6, 6.07) is 20.4. The van der Waals surface area contributed by atoms with Crippen molar-refractivity contribution in [2.45, 2.75) is 19.4 Å². The van der Waals surface area contributed by atoms with Crippen molar-refractivity contribution in [3.8, 4) is 17.2 Å². The van der Waals surface area contributed by atoms with Gasteiger partial charge >= 0.3 is 0 Å². The largest absolute Gasteiger partial charge is 0.508 e. The number of fused-ring (bicyclic) bond motifs is 1. The lowest BCUT2D eigenvalue weighted by atomic mass is 9.92. The molecule has 0 radical (unpaired) electrons. The van der Waals surface area contributed by atoms with E-state index in [1.807, 2.05) is 42.5 Å². The van der Waals surface area contributed by atoms with E-state index in [0.717, 1.165) is 35.7 Å². The summed E-state index contributed by atoms with van der Waals surface area (Å²) < 4.78 is 10.9. The van der Waals surface area contributed by atoms with Gasteiger partial charge in [0.25, 0.3) is 0 Å². The summed E-state index contributed by atoms with van der Waals surface area (Å²) in [6.07, 6.45) is 0.831. The number of rotatable bonds is 6. The molecule has 1 heterocycles. The van der Waals surface area contributed by atoms with E-state index in [-0.39, 0.29) is 24.2 Å². The fourth-order valence-electron chi connectivity index (χ4n) is 4.27. The molecule has 1 N–H and O–H groups in total. The minimum Gasteiger partial charge on any atom is -0.508 e. The van der Waals surface area contributed by atoms with Crippen LogP contribution >= 0.6 is 0 Å². The number of para-hydroxylation sites is 1. The van der Waals surface area contributed by atoms with Crippen LogP contribution in [0.25, 0.3) is 0 Å². The van der Waals surface area contributed by atoms with Crippen LogP contribution in [-0.4, -0.2) is 43.2 Å². The van der Waals surface area contributed by atoms with Crippen molar-refractivity contribution in [3.63, 3.8) is 0 Å². The number of nitrogens with zero attached hydrogens (tertiary/aromatic N) is 2. The number of ether oxygens (including phenoxy) is 2. The number of methoxy groups -OCH3 is 2. The topological polar surface area (TPSA) is 62.2 Å². The highest BCUT2D eigenvalue weighted by molar-refractivity contribution is 6.01. The molecule has 166 valence electrons. The molecule has 32 heavy (non-hydrogen) atoms. The average Bonchev–Trinajstić information content (AvgIpc) is 2.82. The van der Waals surface area contributed by atoms with Gasteiger partial charge in [0.2, 0.25) is 5.91 Å². The molecule has 6 nitrogen and oxygen atoms in total. The van der Waals surface area contributed by atoms with Crippen molar-refractivity contribution in [1.29, 1.82) is 0 Å². The van der Waals surface area contributed by atoms with Gasteiger partial charge in [0.05, 0.1) is 20.8 Å². The monoisotopic (exact) mass is 432 g/mol. The number of benzene rings is 3. The third-order valence-corrected chi connectivity index (χ3v) is 6.02. The van der Waals surface area contributed by atoms with Crippen LogP contribution < -0.4 is 14.4 Å². The number of hydrogen-bond donors (Lipinski definition) is 1.